The fourth-order valence-corrected chi connectivity index (χ4v) is 4.32. The van der Waals surface area contributed by atoms with Gasteiger partial charge in [-0.1, -0.05) is 40.3 Å². The molecule has 0 aromatic heterocycles. The van der Waals surface area contributed by atoms with Crippen LogP contribution in [-0.2, 0) is 23.8 Å². The summed E-state index contributed by atoms with van der Waals surface area (Å²) in [7, 11) is -3.78. The fourth-order valence-electron chi connectivity index (χ4n) is 2.42. The molecule has 0 N–H and O–H groups in total. The van der Waals surface area contributed by atoms with Crippen molar-refractivity contribution in [1.82, 2.24) is 0 Å². The van der Waals surface area contributed by atoms with E-state index in [9.17, 15) is 8.42 Å². The first kappa shape index (κ1) is 14.7. The molecule has 2 aliphatic rings. The zero-order valence-electron chi connectivity index (χ0n) is 10.9. The van der Waals surface area contributed by atoms with Gasteiger partial charge in [0, 0.05) is 0 Å². The molecule has 0 amide bonds. The first-order chi connectivity index (χ1) is 9.47. The van der Waals surface area contributed by atoms with Crippen molar-refractivity contribution in [1.29, 1.82) is 0 Å². The quantitative estimate of drug-likeness (QED) is 0.431. The molecule has 0 radical (unpaired) electrons. The molecule has 2 heterocycles. The summed E-state index contributed by atoms with van der Waals surface area (Å²) in [5.41, 5.74) is 1.00. The predicted molar refractivity (Wildman–Crippen MR) is 80.5 cm³/mol. The molecule has 2 fully saturated rings. The van der Waals surface area contributed by atoms with Crippen LogP contribution < -0.4 is 0 Å². The van der Waals surface area contributed by atoms with E-state index in [0.717, 1.165) is 5.56 Å². The van der Waals surface area contributed by atoms with Gasteiger partial charge < -0.3 is 9.47 Å². The van der Waals surface area contributed by atoms with Gasteiger partial charge in [-0.2, -0.15) is 8.42 Å². The molecule has 4 atom stereocenters. The van der Waals surface area contributed by atoms with Gasteiger partial charge in [0.2, 0.25) is 0 Å². The van der Waals surface area contributed by atoms with Crippen molar-refractivity contribution in [3.63, 3.8) is 0 Å². The minimum atomic E-state index is -3.78. The van der Waals surface area contributed by atoms with Crippen LogP contribution in [0.3, 0.4) is 0 Å². The van der Waals surface area contributed by atoms with Crippen LogP contribution in [0.4, 0.5) is 0 Å². The highest BCUT2D eigenvalue weighted by atomic mass is 127. The lowest BCUT2D eigenvalue weighted by molar-refractivity contribution is 0.0337. The molecule has 3 rings (SSSR count). The van der Waals surface area contributed by atoms with Crippen molar-refractivity contribution in [2.45, 2.75) is 34.1 Å². The van der Waals surface area contributed by atoms with Gasteiger partial charge in [0.25, 0.3) is 10.1 Å². The zero-order chi connectivity index (χ0) is 14.3. The molecular formula is C13H15IO5S. The maximum absolute atomic E-state index is 12.2. The van der Waals surface area contributed by atoms with Crippen molar-refractivity contribution < 1.29 is 22.1 Å². The number of benzene rings is 1. The standard InChI is InChI=1S/C13H15IO5S/c1-8-2-4-9(5-3-8)20(15,16)19-11-7-18-12-10(14)6-17-13(11)12/h2-5,10-13H,6-7H2,1H3/t10-,11-,12+,13+/m0/s1. The molecule has 2 aliphatic heterocycles. The van der Waals surface area contributed by atoms with Gasteiger partial charge in [0.05, 0.1) is 22.0 Å². The summed E-state index contributed by atoms with van der Waals surface area (Å²) in [6.45, 7) is 2.72. The summed E-state index contributed by atoms with van der Waals surface area (Å²) < 4.78 is 41.2. The van der Waals surface area contributed by atoms with Crippen LogP contribution in [-0.4, -0.2) is 43.9 Å². The second-order valence-electron chi connectivity index (χ2n) is 5.01. The second kappa shape index (κ2) is 5.53. The number of aryl methyl sites for hydroxylation is 1. The monoisotopic (exact) mass is 410 g/mol. The van der Waals surface area contributed by atoms with E-state index >= 15 is 0 Å². The van der Waals surface area contributed by atoms with Crippen LogP contribution in [0.25, 0.3) is 0 Å². The molecule has 1 aromatic carbocycles. The molecule has 0 aliphatic carbocycles. The minimum absolute atomic E-state index is 0.0752. The Kier molecular flexibility index (Phi) is 4.06. The van der Waals surface area contributed by atoms with E-state index in [1.807, 2.05) is 6.92 Å². The number of ether oxygens (including phenoxy) is 2. The van der Waals surface area contributed by atoms with E-state index in [4.69, 9.17) is 13.7 Å². The average Bonchev–Trinajstić information content (AvgIpc) is 2.95. The molecule has 2 saturated heterocycles. The van der Waals surface area contributed by atoms with Crippen LogP contribution in [0.1, 0.15) is 5.56 Å². The molecule has 0 bridgehead atoms. The molecule has 1 aromatic rings. The largest absolute Gasteiger partial charge is 0.371 e. The van der Waals surface area contributed by atoms with E-state index in [-0.39, 0.29) is 27.6 Å². The van der Waals surface area contributed by atoms with Gasteiger partial charge in [-0.05, 0) is 19.1 Å². The predicted octanol–water partition coefficient (Wildman–Crippen LogP) is 1.67. The van der Waals surface area contributed by atoms with Crippen molar-refractivity contribution >= 4 is 32.7 Å². The summed E-state index contributed by atoms with van der Waals surface area (Å²) in [5.74, 6) is 0. The lowest BCUT2D eigenvalue weighted by Gasteiger charge is -2.16. The third-order valence-electron chi connectivity index (χ3n) is 3.51. The van der Waals surface area contributed by atoms with E-state index in [2.05, 4.69) is 22.6 Å². The van der Waals surface area contributed by atoms with Gasteiger partial charge in [-0.15, -0.1) is 0 Å². The van der Waals surface area contributed by atoms with Crippen LogP contribution in [0, 0.1) is 6.92 Å². The number of hydrogen-bond acceptors (Lipinski definition) is 5. The number of hydrogen-bond donors (Lipinski definition) is 0. The third kappa shape index (κ3) is 2.74. The summed E-state index contributed by atoms with van der Waals surface area (Å²) >= 11 is 2.26. The Balaban J connectivity index is 1.76. The Labute approximate surface area is 131 Å². The molecule has 7 heteroatoms. The SMILES string of the molecule is Cc1ccc(S(=O)(=O)O[C@H]2CO[C@H]3[C@@H]2OC[C@@H]3I)cc1. The van der Waals surface area contributed by atoms with Gasteiger partial charge in [-0.3, -0.25) is 4.18 Å². The first-order valence-electron chi connectivity index (χ1n) is 6.34. The summed E-state index contributed by atoms with van der Waals surface area (Å²) in [5, 5.41) is 0. The van der Waals surface area contributed by atoms with E-state index < -0.39 is 16.2 Å². The first-order valence-corrected chi connectivity index (χ1v) is 9.00. The second-order valence-corrected chi connectivity index (χ2v) is 8.19. The Hall–Kier alpha value is -0.220. The summed E-state index contributed by atoms with van der Waals surface area (Å²) in [6, 6.07) is 6.59. The molecular weight excluding hydrogens is 395 g/mol. The Morgan fingerprint density at radius 2 is 1.80 bits per heavy atom. The molecule has 0 saturated carbocycles. The molecule has 0 spiro atoms. The highest BCUT2D eigenvalue weighted by Gasteiger charge is 2.48. The van der Waals surface area contributed by atoms with Crippen molar-refractivity contribution in [2.75, 3.05) is 13.2 Å². The van der Waals surface area contributed by atoms with Crippen LogP contribution in [0.2, 0.25) is 0 Å². The Morgan fingerprint density at radius 1 is 1.15 bits per heavy atom. The lowest BCUT2D eigenvalue weighted by Crippen LogP contribution is -2.33. The van der Waals surface area contributed by atoms with Gasteiger partial charge in [-0.25, -0.2) is 0 Å². The fraction of sp³-hybridized carbons (Fsp3) is 0.538. The normalized spacial score (nSPS) is 33.3. The lowest BCUT2D eigenvalue weighted by atomic mass is 10.1. The molecule has 110 valence electrons. The van der Waals surface area contributed by atoms with Crippen molar-refractivity contribution in [3.05, 3.63) is 29.8 Å². The van der Waals surface area contributed by atoms with Crippen LogP contribution >= 0.6 is 22.6 Å². The number of halogens is 1. The van der Waals surface area contributed by atoms with Crippen molar-refractivity contribution in [2.24, 2.45) is 0 Å². The van der Waals surface area contributed by atoms with Crippen LogP contribution in [0.15, 0.2) is 29.2 Å². The topological polar surface area (TPSA) is 61.8 Å². The van der Waals surface area contributed by atoms with Crippen LogP contribution in [0.5, 0.6) is 0 Å². The zero-order valence-corrected chi connectivity index (χ0v) is 13.8. The van der Waals surface area contributed by atoms with E-state index in [1.165, 1.54) is 0 Å². The Bertz CT molecular complexity index is 585. The van der Waals surface area contributed by atoms with E-state index in [1.54, 1.807) is 24.3 Å². The maximum Gasteiger partial charge on any atom is 0.297 e. The molecule has 5 nitrogen and oxygen atoms in total. The third-order valence-corrected chi connectivity index (χ3v) is 5.93. The summed E-state index contributed by atoms with van der Waals surface area (Å²) in [6.07, 6.45) is -0.933. The van der Waals surface area contributed by atoms with Crippen molar-refractivity contribution in [3.8, 4) is 0 Å². The van der Waals surface area contributed by atoms with Gasteiger partial charge >= 0.3 is 0 Å². The van der Waals surface area contributed by atoms with Gasteiger partial charge in [0.1, 0.15) is 18.3 Å². The maximum atomic E-state index is 12.2. The Morgan fingerprint density at radius 3 is 2.50 bits per heavy atom. The average molecular weight is 410 g/mol. The minimum Gasteiger partial charge on any atom is -0.371 e. The highest BCUT2D eigenvalue weighted by molar-refractivity contribution is 14.1. The molecule has 20 heavy (non-hydrogen) atoms. The van der Waals surface area contributed by atoms with E-state index in [0.29, 0.717) is 6.61 Å². The number of alkyl halides is 1. The summed E-state index contributed by atoms with van der Waals surface area (Å²) in [4.78, 5) is 0.163. The molecule has 0 unspecified atom stereocenters. The smallest absolute Gasteiger partial charge is 0.297 e. The number of rotatable bonds is 3. The number of fused-ring (bicyclic) bond motifs is 1. The van der Waals surface area contributed by atoms with Gasteiger partial charge in [0.15, 0.2) is 0 Å². The highest BCUT2D eigenvalue weighted by Crippen LogP contribution is 2.34.